The van der Waals surface area contributed by atoms with Gasteiger partial charge in [0.1, 0.15) is 5.69 Å². The molecule has 18 heavy (non-hydrogen) atoms. The fourth-order valence-electron chi connectivity index (χ4n) is 1.60. The molecule has 0 aliphatic carbocycles. The van der Waals surface area contributed by atoms with Gasteiger partial charge in [0.05, 0.1) is 9.95 Å². The lowest BCUT2D eigenvalue weighted by Gasteiger charge is -2.08. The van der Waals surface area contributed by atoms with E-state index in [1.165, 1.54) is 6.07 Å². The van der Waals surface area contributed by atoms with Crippen LogP contribution in [0.15, 0.2) is 18.2 Å². The van der Waals surface area contributed by atoms with Crippen LogP contribution in [0.2, 0.25) is 5.02 Å². The number of methoxy groups -OCH3 is 1. The van der Waals surface area contributed by atoms with Gasteiger partial charge in [-0.05, 0) is 25.3 Å². The number of hydrogen-bond donors (Lipinski definition) is 1. The topological polar surface area (TPSA) is 64.4 Å². The second-order valence-electron chi connectivity index (χ2n) is 3.87. The molecule has 5 nitrogen and oxygen atoms in total. The minimum absolute atomic E-state index is 0.0133. The Morgan fingerprint density at radius 1 is 1.39 bits per heavy atom. The van der Waals surface area contributed by atoms with Crippen LogP contribution in [0.1, 0.15) is 19.3 Å². The Morgan fingerprint density at radius 2 is 2.17 bits per heavy atom. The first kappa shape index (κ1) is 14.7. The number of anilines is 1. The zero-order valence-electron chi connectivity index (χ0n) is 10.3. The van der Waals surface area contributed by atoms with Gasteiger partial charge < -0.3 is 10.1 Å². The van der Waals surface area contributed by atoms with E-state index in [9.17, 15) is 10.1 Å². The zero-order valence-corrected chi connectivity index (χ0v) is 11.1. The number of benzene rings is 1. The van der Waals surface area contributed by atoms with Gasteiger partial charge in [0.15, 0.2) is 0 Å². The van der Waals surface area contributed by atoms with Gasteiger partial charge in [0.2, 0.25) is 0 Å². The maximum absolute atomic E-state index is 10.8. The van der Waals surface area contributed by atoms with E-state index in [0.717, 1.165) is 25.9 Å². The number of hydrogen-bond acceptors (Lipinski definition) is 4. The highest BCUT2D eigenvalue weighted by atomic mass is 35.5. The summed E-state index contributed by atoms with van der Waals surface area (Å²) in [5, 5.41) is 14.2. The van der Waals surface area contributed by atoms with Crippen molar-refractivity contribution in [3.8, 4) is 0 Å². The monoisotopic (exact) mass is 272 g/mol. The summed E-state index contributed by atoms with van der Waals surface area (Å²) >= 11 is 5.95. The molecule has 0 heterocycles. The molecule has 0 saturated heterocycles. The number of rotatable bonds is 8. The van der Waals surface area contributed by atoms with E-state index in [0.29, 0.717) is 17.3 Å². The second kappa shape index (κ2) is 7.89. The minimum atomic E-state index is -0.431. The van der Waals surface area contributed by atoms with Crippen LogP contribution >= 0.6 is 11.6 Å². The fraction of sp³-hybridized carbons (Fsp3) is 0.500. The van der Waals surface area contributed by atoms with Crippen molar-refractivity contribution in [2.45, 2.75) is 19.3 Å². The van der Waals surface area contributed by atoms with Gasteiger partial charge in [0, 0.05) is 26.3 Å². The Morgan fingerprint density at radius 3 is 2.83 bits per heavy atom. The number of nitrogens with one attached hydrogen (secondary N) is 1. The van der Waals surface area contributed by atoms with Gasteiger partial charge in [-0.2, -0.15) is 0 Å². The largest absolute Gasteiger partial charge is 0.385 e. The molecule has 0 aliphatic heterocycles. The van der Waals surface area contributed by atoms with Crippen molar-refractivity contribution in [2.24, 2.45) is 0 Å². The van der Waals surface area contributed by atoms with Crippen LogP contribution in [0.3, 0.4) is 0 Å². The maximum atomic E-state index is 10.8. The highest BCUT2D eigenvalue weighted by Crippen LogP contribution is 2.31. The molecule has 0 unspecified atom stereocenters. The summed E-state index contributed by atoms with van der Waals surface area (Å²) in [5.41, 5.74) is 0.412. The lowest BCUT2D eigenvalue weighted by atomic mass is 10.2. The molecular formula is C12H17ClN2O3. The van der Waals surface area contributed by atoms with Crippen molar-refractivity contribution in [3.05, 3.63) is 33.3 Å². The molecule has 0 saturated carbocycles. The number of nitro benzene ring substituents is 1. The second-order valence-corrected chi connectivity index (χ2v) is 4.28. The summed E-state index contributed by atoms with van der Waals surface area (Å²) < 4.78 is 4.95. The smallest absolute Gasteiger partial charge is 0.293 e. The van der Waals surface area contributed by atoms with Crippen LogP contribution < -0.4 is 5.32 Å². The molecule has 0 spiro atoms. The summed E-state index contributed by atoms with van der Waals surface area (Å²) in [5.74, 6) is 0. The first-order valence-electron chi connectivity index (χ1n) is 5.82. The summed E-state index contributed by atoms with van der Waals surface area (Å²) in [6.07, 6.45) is 2.92. The Bertz CT molecular complexity index is 399. The summed E-state index contributed by atoms with van der Waals surface area (Å²) in [4.78, 5) is 10.4. The summed E-state index contributed by atoms with van der Waals surface area (Å²) in [6, 6.07) is 4.66. The lowest BCUT2D eigenvalue weighted by Crippen LogP contribution is -2.05. The van der Waals surface area contributed by atoms with Crippen molar-refractivity contribution in [1.29, 1.82) is 0 Å². The van der Waals surface area contributed by atoms with E-state index in [-0.39, 0.29) is 5.69 Å². The summed E-state index contributed by atoms with van der Waals surface area (Å²) in [7, 11) is 1.67. The molecule has 6 heteroatoms. The average molecular weight is 273 g/mol. The number of nitro groups is 1. The predicted molar refractivity (Wildman–Crippen MR) is 72.3 cm³/mol. The van der Waals surface area contributed by atoms with Gasteiger partial charge in [-0.15, -0.1) is 0 Å². The number of nitrogens with zero attached hydrogens (tertiary/aromatic N) is 1. The minimum Gasteiger partial charge on any atom is -0.385 e. The Kier molecular flexibility index (Phi) is 6.46. The Balaban J connectivity index is 2.48. The third-order valence-corrected chi connectivity index (χ3v) is 2.83. The summed E-state index contributed by atoms with van der Waals surface area (Å²) in [6.45, 7) is 1.40. The molecule has 0 aliphatic rings. The van der Waals surface area contributed by atoms with Crippen LogP contribution in [-0.2, 0) is 4.74 Å². The first-order valence-corrected chi connectivity index (χ1v) is 6.20. The molecule has 0 bridgehead atoms. The van der Waals surface area contributed by atoms with Crippen LogP contribution in [0.25, 0.3) is 0 Å². The number of ether oxygens (including phenoxy) is 1. The zero-order chi connectivity index (χ0) is 13.4. The van der Waals surface area contributed by atoms with Crippen molar-refractivity contribution in [1.82, 2.24) is 0 Å². The van der Waals surface area contributed by atoms with Gasteiger partial charge in [0.25, 0.3) is 5.69 Å². The van der Waals surface area contributed by atoms with E-state index in [1.54, 1.807) is 19.2 Å². The van der Waals surface area contributed by atoms with Crippen LogP contribution in [0, 0.1) is 10.1 Å². The molecule has 0 fully saturated rings. The highest BCUT2D eigenvalue weighted by molar-refractivity contribution is 6.33. The standard InChI is InChI=1S/C12H17ClN2O3/c1-18-9-4-2-3-8-14-12-10(13)6-5-7-11(12)15(16)17/h5-7,14H,2-4,8-9H2,1H3. The molecule has 100 valence electrons. The molecule has 1 aromatic rings. The van der Waals surface area contributed by atoms with Crippen LogP contribution in [0.4, 0.5) is 11.4 Å². The highest BCUT2D eigenvalue weighted by Gasteiger charge is 2.15. The lowest BCUT2D eigenvalue weighted by molar-refractivity contribution is -0.383. The predicted octanol–water partition coefficient (Wildman–Crippen LogP) is 3.48. The van der Waals surface area contributed by atoms with Gasteiger partial charge in [-0.1, -0.05) is 17.7 Å². The van der Waals surface area contributed by atoms with Crippen LogP contribution in [-0.4, -0.2) is 25.2 Å². The number of unbranched alkanes of at least 4 members (excludes halogenated alkanes) is 2. The fourth-order valence-corrected chi connectivity index (χ4v) is 1.84. The van der Waals surface area contributed by atoms with Gasteiger partial charge >= 0.3 is 0 Å². The molecule has 0 amide bonds. The molecule has 0 aromatic heterocycles. The molecular weight excluding hydrogens is 256 g/mol. The van der Waals surface area contributed by atoms with E-state index in [2.05, 4.69) is 5.32 Å². The molecule has 1 rings (SSSR count). The van der Waals surface area contributed by atoms with E-state index >= 15 is 0 Å². The average Bonchev–Trinajstić information content (AvgIpc) is 2.34. The molecule has 0 radical (unpaired) electrons. The van der Waals surface area contributed by atoms with Crippen molar-refractivity contribution in [2.75, 3.05) is 25.6 Å². The Hall–Kier alpha value is -1.33. The maximum Gasteiger partial charge on any atom is 0.293 e. The van der Waals surface area contributed by atoms with E-state index in [4.69, 9.17) is 16.3 Å². The Labute approximate surface area is 111 Å². The van der Waals surface area contributed by atoms with Crippen molar-refractivity contribution in [3.63, 3.8) is 0 Å². The molecule has 1 N–H and O–H groups in total. The van der Waals surface area contributed by atoms with Gasteiger partial charge in [-0.3, -0.25) is 10.1 Å². The van der Waals surface area contributed by atoms with E-state index < -0.39 is 4.92 Å². The van der Waals surface area contributed by atoms with Crippen molar-refractivity contribution >= 4 is 23.0 Å². The number of para-hydroxylation sites is 1. The third-order valence-electron chi connectivity index (χ3n) is 2.52. The SMILES string of the molecule is COCCCCCNc1c(Cl)cccc1[N+](=O)[O-]. The normalized spacial score (nSPS) is 10.3. The molecule has 0 atom stereocenters. The van der Waals surface area contributed by atoms with E-state index in [1.807, 2.05) is 0 Å². The quantitative estimate of drug-likeness (QED) is 0.447. The number of halogens is 1. The third kappa shape index (κ3) is 4.50. The van der Waals surface area contributed by atoms with Gasteiger partial charge in [-0.25, -0.2) is 0 Å². The van der Waals surface area contributed by atoms with Crippen molar-refractivity contribution < 1.29 is 9.66 Å². The van der Waals surface area contributed by atoms with Crippen LogP contribution in [0.5, 0.6) is 0 Å². The molecule has 1 aromatic carbocycles. The first-order chi connectivity index (χ1) is 8.66.